The van der Waals surface area contributed by atoms with E-state index >= 15 is 0 Å². The second-order valence-corrected chi connectivity index (χ2v) is 5.15. The van der Waals surface area contributed by atoms with Crippen molar-refractivity contribution >= 4 is 11.8 Å². The van der Waals surface area contributed by atoms with Gasteiger partial charge in [-0.2, -0.15) is 0 Å². The lowest BCUT2D eigenvalue weighted by molar-refractivity contribution is -0.138. The molecule has 1 aliphatic carbocycles. The Hall–Kier alpha value is -0.900. The third-order valence-corrected chi connectivity index (χ3v) is 3.28. The Morgan fingerprint density at radius 3 is 2.43 bits per heavy atom. The Labute approximate surface area is 83.4 Å². The number of hydrogen-bond donors (Lipinski definition) is 2. The van der Waals surface area contributed by atoms with Gasteiger partial charge < -0.3 is 0 Å². The van der Waals surface area contributed by atoms with Gasteiger partial charge in [0.2, 0.25) is 11.8 Å². The maximum atomic E-state index is 11.7. The zero-order valence-corrected chi connectivity index (χ0v) is 8.64. The molecule has 78 valence electrons. The van der Waals surface area contributed by atoms with Gasteiger partial charge in [0.05, 0.1) is 12.1 Å². The fourth-order valence-electron chi connectivity index (χ4n) is 2.51. The molecular formula is C10H16N2O2. The molecule has 2 aliphatic rings. The van der Waals surface area contributed by atoms with Gasteiger partial charge in [0.15, 0.2) is 0 Å². The molecule has 1 saturated heterocycles. The first-order valence-corrected chi connectivity index (χ1v) is 5.03. The van der Waals surface area contributed by atoms with Gasteiger partial charge in [0, 0.05) is 0 Å². The minimum atomic E-state index is -0.475. The largest absolute Gasteiger partial charge is 0.295 e. The number of piperazine rings is 1. The molecule has 0 aromatic carbocycles. The highest BCUT2D eigenvalue weighted by Gasteiger charge is 2.50. The number of hydrogen-bond acceptors (Lipinski definition) is 3. The lowest BCUT2D eigenvalue weighted by atomic mass is 9.86. The van der Waals surface area contributed by atoms with Crippen molar-refractivity contribution in [2.45, 2.75) is 38.6 Å². The number of amides is 2. The van der Waals surface area contributed by atoms with Gasteiger partial charge in [-0.15, -0.1) is 0 Å². The minimum absolute atomic E-state index is 0.140. The second kappa shape index (κ2) is 2.79. The van der Waals surface area contributed by atoms with Crippen molar-refractivity contribution in [2.24, 2.45) is 5.41 Å². The topological polar surface area (TPSA) is 58.2 Å². The van der Waals surface area contributed by atoms with Crippen LogP contribution in [0.3, 0.4) is 0 Å². The van der Waals surface area contributed by atoms with E-state index in [2.05, 4.69) is 24.5 Å². The molecule has 2 fully saturated rings. The van der Waals surface area contributed by atoms with Crippen LogP contribution >= 0.6 is 0 Å². The SMILES string of the molecule is CC1(C)CCC2(C1)NCC(=O)NC2=O. The summed E-state index contributed by atoms with van der Waals surface area (Å²) in [5.41, 5.74) is -0.276. The first kappa shape index (κ1) is 9.65. The molecule has 4 heteroatoms. The molecule has 4 nitrogen and oxygen atoms in total. The third-order valence-electron chi connectivity index (χ3n) is 3.28. The molecule has 1 unspecified atom stereocenters. The molecule has 1 aliphatic heterocycles. The molecule has 0 bridgehead atoms. The van der Waals surface area contributed by atoms with Crippen LogP contribution in [-0.2, 0) is 9.59 Å². The lowest BCUT2D eigenvalue weighted by Gasteiger charge is -2.33. The van der Waals surface area contributed by atoms with E-state index in [0.29, 0.717) is 0 Å². The monoisotopic (exact) mass is 196 g/mol. The summed E-state index contributed by atoms with van der Waals surface area (Å²) < 4.78 is 0. The smallest absolute Gasteiger partial charge is 0.246 e. The molecule has 1 atom stereocenters. The van der Waals surface area contributed by atoms with Gasteiger partial charge >= 0.3 is 0 Å². The quantitative estimate of drug-likeness (QED) is 0.543. The number of carbonyl (C=O) groups excluding carboxylic acids is 2. The Morgan fingerprint density at radius 2 is 1.93 bits per heavy atom. The summed E-state index contributed by atoms with van der Waals surface area (Å²) in [6, 6.07) is 0. The van der Waals surface area contributed by atoms with Crippen molar-refractivity contribution in [1.29, 1.82) is 0 Å². The van der Waals surface area contributed by atoms with E-state index in [0.717, 1.165) is 19.3 Å². The lowest BCUT2D eigenvalue weighted by Crippen LogP contribution is -2.64. The van der Waals surface area contributed by atoms with Crippen molar-refractivity contribution < 1.29 is 9.59 Å². The number of carbonyl (C=O) groups is 2. The zero-order chi connectivity index (χ0) is 10.4. The van der Waals surface area contributed by atoms with E-state index in [-0.39, 0.29) is 23.8 Å². The Kier molecular flexibility index (Phi) is 1.93. The van der Waals surface area contributed by atoms with Crippen molar-refractivity contribution in [3.63, 3.8) is 0 Å². The van der Waals surface area contributed by atoms with Crippen LogP contribution in [0.1, 0.15) is 33.1 Å². The normalized spacial score (nSPS) is 36.1. The Bertz CT molecular complexity index is 298. The maximum Gasteiger partial charge on any atom is 0.246 e. The number of nitrogens with one attached hydrogen (secondary N) is 2. The summed E-state index contributed by atoms with van der Waals surface area (Å²) in [5, 5.41) is 5.50. The highest BCUT2D eigenvalue weighted by molar-refractivity contribution is 6.03. The highest BCUT2D eigenvalue weighted by Crippen LogP contribution is 2.44. The van der Waals surface area contributed by atoms with Crippen LogP contribution in [0.25, 0.3) is 0 Å². The minimum Gasteiger partial charge on any atom is -0.295 e. The molecule has 0 aromatic rings. The fourth-order valence-corrected chi connectivity index (χ4v) is 2.51. The maximum absolute atomic E-state index is 11.7. The molecule has 0 radical (unpaired) electrons. The standard InChI is InChI=1S/C10H16N2O2/c1-9(2)3-4-10(6-9)8(14)12-7(13)5-11-10/h11H,3-6H2,1-2H3,(H,12,13,14). The van der Waals surface area contributed by atoms with Crippen LogP contribution in [0.2, 0.25) is 0 Å². The summed E-state index contributed by atoms with van der Waals surface area (Å²) in [4.78, 5) is 22.7. The van der Waals surface area contributed by atoms with Crippen molar-refractivity contribution in [3.05, 3.63) is 0 Å². The molecule has 1 spiro atoms. The summed E-state index contributed by atoms with van der Waals surface area (Å²) in [6.07, 6.45) is 2.68. The molecule has 0 aromatic heterocycles. The van der Waals surface area contributed by atoms with E-state index in [9.17, 15) is 9.59 Å². The second-order valence-electron chi connectivity index (χ2n) is 5.15. The van der Waals surface area contributed by atoms with E-state index < -0.39 is 5.54 Å². The predicted octanol–water partition coefficient (Wildman–Crippen LogP) is 0.181. The van der Waals surface area contributed by atoms with Crippen LogP contribution in [0, 0.1) is 5.41 Å². The molecular weight excluding hydrogens is 180 g/mol. The van der Waals surface area contributed by atoms with E-state index in [1.807, 2.05) is 0 Å². The van der Waals surface area contributed by atoms with Crippen LogP contribution in [0.4, 0.5) is 0 Å². The average molecular weight is 196 g/mol. The summed E-state index contributed by atoms with van der Waals surface area (Å²) in [7, 11) is 0. The van der Waals surface area contributed by atoms with E-state index in [1.165, 1.54) is 0 Å². The highest BCUT2D eigenvalue weighted by atomic mass is 16.2. The van der Waals surface area contributed by atoms with Crippen LogP contribution in [-0.4, -0.2) is 23.9 Å². The Balaban J connectivity index is 2.18. The summed E-state index contributed by atoms with van der Waals surface area (Å²) in [6.45, 7) is 4.59. The third kappa shape index (κ3) is 1.43. The van der Waals surface area contributed by atoms with Crippen molar-refractivity contribution in [2.75, 3.05) is 6.54 Å². The Morgan fingerprint density at radius 1 is 1.21 bits per heavy atom. The van der Waals surface area contributed by atoms with Crippen LogP contribution < -0.4 is 10.6 Å². The van der Waals surface area contributed by atoms with Gasteiger partial charge in [-0.1, -0.05) is 13.8 Å². The van der Waals surface area contributed by atoms with Crippen LogP contribution in [0.15, 0.2) is 0 Å². The summed E-state index contributed by atoms with van der Waals surface area (Å²) in [5.74, 6) is -0.357. The predicted molar refractivity (Wildman–Crippen MR) is 51.5 cm³/mol. The molecule has 2 amide bonds. The zero-order valence-electron chi connectivity index (χ0n) is 8.64. The van der Waals surface area contributed by atoms with Crippen molar-refractivity contribution in [1.82, 2.24) is 10.6 Å². The van der Waals surface area contributed by atoms with Gasteiger partial charge in [0.1, 0.15) is 0 Å². The van der Waals surface area contributed by atoms with E-state index in [1.54, 1.807) is 0 Å². The molecule has 14 heavy (non-hydrogen) atoms. The van der Waals surface area contributed by atoms with Crippen LogP contribution in [0.5, 0.6) is 0 Å². The molecule has 1 heterocycles. The fraction of sp³-hybridized carbons (Fsp3) is 0.800. The average Bonchev–Trinajstić information content (AvgIpc) is 2.38. The van der Waals surface area contributed by atoms with Gasteiger partial charge in [0.25, 0.3) is 0 Å². The number of imide groups is 1. The van der Waals surface area contributed by atoms with Gasteiger partial charge in [-0.3, -0.25) is 20.2 Å². The molecule has 2 rings (SSSR count). The molecule has 2 N–H and O–H groups in total. The summed E-state index contributed by atoms with van der Waals surface area (Å²) >= 11 is 0. The van der Waals surface area contributed by atoms with Crippen molar-refractivity contribution in [3.8, 4) is 0 Å². The molecule has 1 saturated carbocycles. The number of rotatable bonds is 0. The van der Waals surface area contributed by atoms with Gasteiger partial charge in [-0.05, 0) is 24.7 Å². The van der Waals surface area contributed by atoms with Gasteiger partial charge in [-0.25, -0.2) is 0 Å². The van der Waals surface area contributed by atoms with E-state index in [4.69, 9.17) is 0 Å². The first-order valence-electron chi connectivity index (χ1n) is 5.03. The first-order chi connectivity index (χ1) is 6.44.